The predicted octanol–water partition coefficient (Wildman–Crippen LogP) is 0.962. The van der Waals surface area contributed by atoms with E-state index in [-0.39, 0.29) is 6.10 Å². The number of hydrogen-bond acceptors (Lipinski definition) is 6. The highest BCUT2D eigenvalue weighted by Gasteiger charge is 2.16. The third kappa shape index (κ3) is 3.76. The molecule has 1 atom stereocenters. The van der Waals surface area contributed by atoms with Gasteiger partial charge in [0.1, 0.15) is 6.10 Å². The van der Waals surface area contributed by atoms with Crippen molar-refractivity contribution in [1.82, 2.24) is 20.4 Å². The van der Waals surface area contributed by atoms with Crippen molar-refractivity contribution in [2.24, 2.45) is 0 Å². The molecule has 0 spiro atoms. The molecule has 0 radical (unpaired) electrons. The molecule has 0 unspecified atom stereocenters. The molecule has 2 heterocycles. The molecule has 1 fully saturated rings. The lowest BCUT2D eigenvalue weighted by Crippen LogP contribution is -2.27. The van der Waals surface area contributed by atoms with Crippen molar-refractivity contribution in [3.8, 4) is 0 Å². The van der Waals surface area contributed by atoms with Crippen molar-refractivity contribution in [3.63, 3.8) is 0 Å². The zero-order chi connectivity index (χ0) is 12.8. The summed E-state index contributed by atoms with van der Waals surface area (Å²) in [5.74, 6) is 1.32. The van der Waals surface area contributed by atoms with Gasteiger partial charge in [0.2, 0.25) is 5.89 Å². The molecule has 0 bridgehead atoms. The number of ether oxygens (including phenoxy) is 1. The highest BCUT2D eigenvalue weighted by molar-refractivity contribution is 4.90. The van der Waals surface area contributed by atoms with Crippen LogP contribution in [0.3, 0.4) is 0 Å². The van der Waals surface area contributed by atoms with Gasteiger partial charge < -0.3 is 14.6 Å². The van der Waals surface area contributed by atoms with Gasteiger partial charge in [-0.15, -0.1) is 0 Å². The van der Waals surface area contributed by atoms with Crippen molar-refractivity contribution in [2.45, 2.75) is 32.9 Å². The van der Waals surface area contributed by atoms with E-state index in [1.165, 1.54) is 0 Å². The summed E-state index contributed by atoms with van der Waals surface area (Å²) in [6, 6.07) is 0. The predicted molar refractivity (Wildman–Crippen MR) is 67.1 cm³/mol. The number of nitrogens with one attached hydrogen (secondary N) is 1. The number of aromatic nitrogens is 2. The Morgan fingerprint density at radius 2 is 2.33 bits per heavy atom. The molecule has 102 valence electrons. The van der Waals surface area contributed by atoms with E-state index in [4.69, 9.17) is 9.26 Å². The van der Waals surface area contributed by atoms with Crippen LogP contribution in [0.1, 0.15) is 38.1 Å². The van der Waals surface area contributed by atoms with Crippen LogP contribution in [0, 0.1) is 0 Å². The van der Waals surface area contributed by atoms with E-state index in [9.17, 15) is 0 Å². The molecular formula is C12H22N4O2. The molecule has 18 heavy (non-hydrogen) atoms. The van der Waals surface area contributed by atoms with Crippen molar-refractivity contribution in [3.05, 3.63) is 11.7 Å². The molecule has 1 N–H and O–H groups in total. The van der Waals surface area contributed by atoms with Gasteiger partial charge >= 0.3 is 0 Å². The van der Waals surface area contributed by atoms with Crippen LogP contribution in [0.5, 0.6) is 0 Å². The second-order valence-electron chi connectivity index (χ2n) is 4.52. The van der Waals surface area contributed by atoms with Crippen molar-refractivity contribution in [1.29, 1.82) is 0 Å². The summed E-state index contributed by atoms with van der Waals surface area (Å²) in [6.07, 6.45) is 1.06. The van der Waals surface area contributed by atoms with E-state index in [0.29, 0.717) is 18.3 Å². The fourth-order valence-electron chi connectivity index (χ4n) is 2.07. The highest BCUT2D eigenvalue weighted by atomic mass is 16.5. The smallest absolute Gasteiger partial charge is 0.240 e. The van der Waals surface area contributed by atoms with Crippen LogP contribution in [0.2, 0.25) is 0 Å². The Morgan fingerprint density at radius 1 is 1.44 bits per heavy atom. The first kappa shape index (κ1) is 13.5. The summed E-state index contributed by atoms with van der Waals surface area (Å²) in [5, 5.41) is 7.35. The largest absolute Gasteiger partial charge is 0.371 e. The van der Waals surface area contributed by atoms with Crippen LogP contribution in [0.25, 0.3) is 0 Å². The molecule has 1 aliphatic rings. The molecule has 1 aromatic rings. The molecular weight excluding hydrogens is 232 g/mol. The second kappa shape index (κ2) is 6.82. The van der Waals surface area contributed by atoms with Gasteiger partial charge in [0.15, 0.2) is 5.82 Å². The maximum Gasteiger partial charge on any atom is 0.240 e. The maximum absolute atomic E-state index is 5.44. The first-order valence-electron chi connectivity index (χ1n) is 6.66. The van der Waals surface area contributed by atoms with Crippen LogP contribution >= 0.6 is 0 Å². The highest BCUT2D eigenvalue weighted by Crippen LogP contribution is 2.13. The van der Waals surface area contributed by atoms with Gasteiger partial charge in [-0.3, -0.25) is 4.90 Å². The van der Waals surface area contributed by atoms with Gasteiger partial charge in [-0.05, 0) is 33.4 Å². The standard InChI is InChI=1S/C12H22N4O2/c1-3-17-10(2)12-14-11(18-15-12)9-16-7-4-5-13-6-8-16/h10,13H,3-9H2,1-2H3/t10-/m0/s1. The van der Waals surface area contributed by atoms with E-state index in [1.54, 1.807) is 0 Å². The van der Waals surface area contributed by atoms with Crippen LogP contribution in [-0.2, 0) is 11.3 Å². The minimum atomic E-state index is -0.0988. The third-order valence-electron chi connectivity index (χ3n) is 3.06. The van der Waals surface area contributed by atoms with Crippen molar-refractivity contribution < 1.29 is 9.26 Å². The molecule has 1 saturated heterocycles. The lowest BCUT2D eigenvalue weighted by Gasteiger charge is -2.16. The van der Waals surface area contributed by atoms with Gasteiger partial charge in [0.05, 0.1) is 6.54 Å². The average Bonchev–Trinajstić information content (AvgIpc) is 2.67. The Labute approximate surface area is 108 Å². The molecule has 1 aliphatic heterocycles. The number of nitrogens with zero attached hydrogens (tertiary/aromatic N) is 3. The van der Waals surface area contributed by atoms with E-state index in [1.807, 2.05) is 13.8 Å². The zero-order valence-corrected chi connectivity index (χ0v) is 11.2. The van der Waals surface area contributed by atoms with Gasteiger partial charge in [-0.1, -0.05) is 5.16 Å². The fraction of sp³-hybridized carbons (Fsp3) is 0.833. The maximum atomic E-state index is 5.44. The molecule has 2 rings (SSSR count). The summed E-state index contributed by atoms with van der Waals surface area (Å²) in [6.45, 7) is 9.50. The van der Waals surface area contributed by atoms with E-state index in [2.05, 4.69) is 20.4 Å². The van der Waals surface area contributed by atoms with Gasteiger partial charge in [-0.25, -0.2) is 0 Å². The Kier molecular flexibility index (Phi) is 5.10. The Balaban J connectivity index is 1.89. The summed E-state index contributed by atoms with van der Waals surface area (Å²) >= 11 is 0. The minimum absolute atomic E-state index is 0.0988. The number of hydrogen-bond donors (Lipinski definition) is 1. The number of rotatable bonds is 5. The first-order valence-corrected chi connectivity index (χ1v) is 6.66. The van der Waals surface area contributed by atoms with E-state index < -0.39 is 0 Å². The van der Waals surface area contributed by atoms with Gasteiger partial charge in [0, 0.05) is 19.7 Å². The summed E-state index contributed by atoms with van der Waals surface area (Å²) < 4.78 is 10.7. The van der Waals surface area contributed by atoms with Crippen molar-refractivity contribution in [2.75, 3.05) is 32.8 Å². The molecule has 6 nitrogen and oxygen atoms in total. The lowest BCUT2D eigenvalue weighted by molar-refractivity contribution is 0.0683. The first-order chi connectivity index (χ1) is 8.79. The normalized spacial score (nSPS) is 19.7. The van der Waals surface area contributed by atoms with Gasteiger partial charge in [-0.2, -0.15) is 4.98 Å². The average molecular weight is 254 g/mol. The summed E-state index contributed by atoms with van der Waals surface area (Å²) in [4.78, 5) is 6.72. The SMILES string of the molecule is CCO[C@@H](C)c1noc(CN2CCCNCC2)n1. The van der Waals surface area contributed by atoms with Crippen LogP contribution in [0.4, 0.5) is 0 Å². The lowest BCUT2D eigenvalue weighted by atomic mass is 10.4. The third-order valence-corrected chi connectivity index (χ3v) is 3.06. The second-order valence-corrected chi connectivity index (χ2v) is 4.52. The molecule has 0 aliphatic carbocycles. The fourth-order valence-corrected chi connectivity index (χ4v) is 2.07. The van der Waals surface area contributed by atoms with E-state index >= 15 is 0 Å². The Hall–Kier alpha value is -0.980. The minimum Gasteiger partial charge on any atom is -0.371 e. The van der Waals surface area contributed by atoms with Crippen LogP contribution < -0.4 is 5.32 Å². The quantitative estimate of drug-likeness (QED) is 0.844. The topological polar surface area (TPSA) is 63.4 Å². The molecule has 6 heteroatoms. The molecule has 0 saturated carbocycles. The van der Waals surface area contributed by atoms with Crippen molar-refractivity contribution >= 4 is 0 Å². The zero-order valence-electron chi connectivity index (χ0n) is 11.2. The monoisotopic (exact) mass is 254 g/mol. The van der Waals surface area contributed by atoms with Crippen LogP contribution in [0.15, 0.2) is 4.52 Å². The summed E-state index contributed by atoms with van der Waals surface area (Å²) in [7, 11) is 0. The summed E-state index contributed by atoms with van der Waals surface area (Å²) in [5.41, 5.74) is 0. The molecule has 0 aromatic carbocycles. The molecule has 1 aromatic heterocycles. The Morgan fingerprint density at radius 3 is 3.17 bits per heavy atom. The van der Waals surface area contributed by atoms with E-state index in [0.717, 1.165) is 39.1 Å². The molecule has 0 amide bonds. The van der Waals surface area contributed by atoms with Gasteiger partial charge in [0.25, 0.3) is 0 Å². The van der Waals surface area contributed by atoms with Crippen LogP contribution in [-0.4, -0.2) is 47.8 Å². The Bertz CT molecular complexity index is 348.